The minimum Gasteiger partial charge on any atom is -0.491 e. The van der Waals surface area contributed by atoms with Gasteiger partial charge in [0, 0.05) is 12.6 Å². The van der Waals surface area contributed by atoms with Gasteiger partial charge in [0.2, 0.25) is 0 Å². The Kier molecular flexibility index (Phi) is 4.93. The van der Waals surface area contributed by atoms with E-state index in [-0.39, 0.29) is 0 Å². The quantitative estimate of drug-likeness (QED) is 0.739. The highest BCUT2D eigenvalue weighted by Gasteiger charge is 2.19. The monoisotopic (exact) mass is 275 g/mol. The van der Waals surface area contributed by atoms with E-state index in [0.29, 0.717) is 19.3 Å². The average Bonchev–Trinajstić information content (AvgIpc) is 3.17. The van der Waals surface area contributed by atoms with E-state index in [9.17, 15) is 0 Å². The number of rotatable bonds is 8. The summed E-state index contributed by atoms with van der Waals surface area (Å²) in [5, 5.41) is 3.52. The summed E-state index contributed by atoms with van der Waals surface area (Å²) < 4.78 is 11.6. The molecule has 3 nitrogen and oxygen atoms in total. The second kappa shape index (κ2) is 7.09. The molecule has 0 radical (unpaired) electrons. The number of hydrogen-bond donors (Lipinski definition) is 1. The Morgan fingerprint density at radius 1 is 1.05 bits per heavy atom. The van der Waals surface area contributed by atoms with Crippen molar-refractivity contribution in [3.05, 3.63) is 29.8 Å². The van der Waals surface area contributed by atoms with Crippen LogP contribution in [0.5, 0.6) is 5.75 Å². The Hall–Kier alpha value is -1.06. The zero-order valence-corrected chi connectivity index (χ0v) is 12.1. The average molecular weight is 275 g/mol. The Morgan fingerprint density at radius 2 is 1.90 bits per heavy atom. The van der Waals surface area contributed by atoms with Gasteiger partial charge in [-0.2, -0.15) is 0 Å². The van der Waals surface area contributed by atoms with Gasteiger partial charge < -0.3 is 14.8 Å². The van der Waals surface area contributed by atoms with Crippen LogP contribution in [0.2, 0.25) is 0 Å². The highest BCUT2D eigenvalue weighted by atomic mass is 16.5. The second-order valence-electron chi connectivity index (χ2n) is 5.93. The van der Waals surface area contributed by atoms with Crippen LogP contribution in [0.25, 0.3) is 0 Å². The molecule has 2 aliphatic carbocycles. The molecule has 0 unspecified atom stereocenters. The molecule has 1 N–H and O–H groups in total. The van der Waals surface area contributed by atoms with Gasteiger partial charge >= 0.3 is 0 Å². The molecular weight excluding hydrogens is 250 g/mol. The van der Waals surface area contributed by atoms with E-state index in [1.165, 1.54) is 44.1 Å². The van der Waals surface area contributed by atoms with E-state index in [1.807, 2.05) is 6.07 Å². The van der Waals surface area contributed by atoms with Crippen LogP contribution in [0.1, 0.15) is 44.1 Å². The van der Waals surface area contributed by atoms with Gasteiger partial charge in [-0.1, -0.05) is 25.0 Å². The molecule has 0 saturated heterocycles. The summed E-state index contributed by atoms with van der Waals surface area (Å²) >= 11 is 0. The number of benzene rings is 1. The number of hydrogen-bond acceptors (Lipinski definition) is 3. The molecule has 0 spiro atoms. The summed E-state index contributed by atoms with van der Waals surface area (Å²) in [5.74, 6) is 0.954. The molecule has 2 aliphatic rings. The maximum absolute atomic E-state index is 5.80. The first kappa shape index (κ1) is 13.9. The molecule has 1 aromatic rings. The van der Waals surface area contributed by atoms with E-state index < -0.39 is 0 Å². The van der Waals surface area contributed by atoms with Gasteiger partial charge in [0.25, 0.3) is 0 Å². The van der Waals surface area contributed by atoms with Crippen molar-refractivity contribution >= 4 is 0 Å². The molecule has 0 aromatic heterocycles. The molecule has 20 heavy (non-hydrogen) atoms. The van der Waals surface area contributed by atoms with Crippen LogP contribution >= 0.6 is 0 Å². The molecule has 0 amide bonds. The maximum Gasteiger partial charge on any atom is 0.119 e. The Morgan fingerprint density at radius 3 is 2.70 bits per heavy atom. The summed E-state index contributed by atoms with van der Waals surface area (Å²) in [6.07, 6.45) is 8.23. The van der Waals surface area contributed by atoms with Crippen LogP contribution in [-0.4, -0.2) is 25.4 Å². The van der Waals surface area contributed by atoms with Crippen molar-refractivity contribution in [3.8, 4) is 5.75 Å². The highest BCUT2D eigenvalue weighted by molar-refractivity contribution is 5.28. The van der Waals surface area contributed by atoms with Gasteiger partial charge in [-0.05, 0) is 43.4 Å². The van der Waals surface area contributed by atoms with Crippen molar-refractivity contribution in [2.45, 2.75) is 57.2 Å². The van der Waals surface area contributed by atoms with Crippen molar-refractivity contribution in [1.29, 1.82) is 0 Å². The van der Waals surface area contributed by atoms with E-state index in [1.54, 1.807) is 0 Å². The van der Waals surface area contributed by atoms with E-state index in [2.05, 4.69) is 23.5 Å². The van der Waals surface area contributed by atoms with Crippen molar-refractivity contribution in [2.24, 2.45) is 0 Å². The zero-order valence-electron chi connectivity index (χ0n) is 12.1. The van der Waals surface area contributed by atoms with Crippen molar-refractivity contribution in [2.75, 3.05) is 13.2 Å². The summed E-state index contributed by atoms with van der Waals surface area (Å²) in [5.41, 5.74) is 1.30. The third kappa shape index (κ3) is 4.50. The smallest absolute Gasteiger partial charge is 0.119 e. The maximum atomic E-state index is 5.80. The third-order valence-corrected chi connectivity index (χ3v) is 4.08. The molecule has 3 heteroatoms. The fourth-order valence-corrected chi connectivity index (χ4v) is 2.72. The van der Waals surface area contributed by atoms with Crippen LogP contribution in [0.4, 0.5) is 0 Å². The van der Waals surface area contributed by atoms with Crippen LogP contribution in [0, 0.1) is 0 Å². The fourth-order valence-electron chi connectivity index (χ4n) is 2.72. The van der Waals surface area contributed by atoms with E-state index in [4.69, 9.17) is 9.47 Å². The first-order valence-corrected chi connectivity index (χ1v) is 7.97. The van der Waals surface area contributed by atoms with Gasteiger partial charge in [-0.3, -0.25) is 0 Å². The standard InChI is InChI=1S/C17H25NO2/c1-2-6-16(5-1)19-10-11-20-17-7-3-4-14(12-17)13-18-15-8-9-15/h3-4,7,12,15-16,18H,1-2,5-6,8-11,13H2. The normalized spacial score (nSPS) is 19.4. The van der Waals surface area contributed by atoms with Gasteiger partial charge in [-0.15, -0.1) is 0 Å². The Labute approximate surface area is 121 Å². The zero-order chi connectivity index (χ0) is 13.6. The van der Waals surface area contributed by atoms with Crippen LogP contribution < -0.4 is 10.1 Å². The predicted octanol–water partition coefficient (Wildman–Crippen LogP) is 3.28. The van der Waals surface area contributed by atoms with Gasteiger partial charge in [-0.25, -0.2) is 0 Å². The lowest BCUT2D eigenvalue weighted by molar-refractivity contribution is 0.0382. The molecule has 1 aromatic carbocycles. The van der Waals surface area contributed by atoms with Gasteiger partial charge in [0.1, 0.15) is 12.4 Å². The topological polar surface area (TPSA) is 30.5 Å². The van der Waals surface area contributed by atoms with E-state index >= 15 is 0 Å². The number of nitrogens with one attached hydrogen (secondary N) is 1. The molecule has 2 fully saturated rings. The minimum atomic E-state index is 0.479. The first-order chi connectivity index (χ1) is 9.90. The SMILES string of the molecule is c1cc(CNC2CC2)cc(OCCOC2CCCC2)c1. The first-order valence-electron chi connectivity index (χ1n) is 7.97. The molecule has 3 rings (SSSR count). The molecule has 0 atom stereocenters. The van der Waals surface area contributed by atoms with Crippen LogP contribution in [-0.2, 0) is 11.3 Å². The molecule has 2 saturated carbocycles. The largest absolute Gasteiger partial charge is 0.491 e. The van der Waals surface area contributed by atoms with Crippen LogP contribution in [0.3, 0.4) is 0 Å². The van der Waals surface area contributed by atoms with Gasteiger partial charge in [0.05, 0.1) is 12.7 Å². The van der Waals surface area contributed by atoms with Crippen molar-refractivity contribution in [3.63, 3.8) is 0 Å². The Balaban J connectivity index is 1.36. The lowest BCUT2D eigenvalue weighted by atomic mass is 10.2. The number of ether oxygens (including phenoxy) is 2. The third-order valence-electron chi connectivity index (χ3n) is 4.08. The Bertz CT molecular complexity index is 411. The summed E-state index contributed by atoms with van der Waals surface area (Å²) in [6.45, 7) is 2.30. The van der Waals surface area contributed by atoms with Crippen molar-refractivity contribution in [1.82, 2.24) is 5.32 Å². The molecule has 0 aliphatic heterocycles. The molecule has 0 bridgehead atoms. The van der Waals surface area contributed by atoms with Crippen LogP contribution in [0.15, 0.2) is 24.3 Å². The second-order valence-corrected chi connectivity index (χ2v) is 5.93. The molecular formula is C17H25NO2. The lowest BCUT2D eigenvalue weighted by Gasteiger charge is -2.12. The lowest BCUT2D eigenvalue weighted by Crippen LogP contribution is -2.15. The minimum absolute atomic E-state index is 0.479. The predicted molar refractivity (Wildman–Crippen MR) is 80.0 cm³/mol. The summed E-state index contributed by atoms with van der Waals surface area (Å²) in [7, 11) is 0. The van der Waals surface area contributed by atoms with E-state index in [0.717, 1.165) is 18.3 Å². The summed E-state index contributed by atoms with van der Waals surface area (Å²) in [6, 6.07) is 9.12. The molecule has 0 heterocycles. The van der Waals surface area contributed by atoms with Gasteiger partial charge in [0.15, 0.2) is 0 Å². The van der Waals surface area contributed by atoms with Crippen molar-refractivity contribution < 1.29 is 9.47 Å². The summed E-state index contributed by atoms with van der Waals surface area (Å²) in [4.78, 5) is 0. The molecule has 110 valence electrons. The highest BCUT2D eigenvalue weighted by Crippen LogP contribution is 2.21. The fraction of sp³-hybridized carbons (Fsp3) is 0.647.